The van der Waals surface area contributed by atoms with Crippen LogP contribution in [0.3, 0.4) is 0 Å². The lowest BCUT2D eigenvalue weighted by molar-refractivity contribution is 0.321. The van der Waals surface area contributed by atoms with E-state index in [2.05, 4.69) is 28.2 Å². The van der Waals surface area contributed by atoms with Gasteiger partial charge in [-0.25, -0.2) is 13.1 Å². The van der Waals surface area contributed by atoms with Gasteiger partial charge in [-0.05, 0) is 93.9 Å². The predicted octanol–water partition coefficient (Wildman–Crippen LogP) is 4.64. The summed E-state index contributed by atoms with van der Waals surface area (Å²) in [5.41, 5.74) is 4.26. The second-order valence-electron chi connectivity index (χ2n) is 8.71. The number of sulfonamides is 1. The maximum absolute atomic E-state index is 12.7. The third-order valence-electron chi connectivity index (χ3n) is 7.01. The molecule has 0 radical (unpaired) electrons. The number of anilines is 1. The maximum atomic E-state index is 12.7. The Labute approximate surface area is 165 Å². The van der Waals surface area contributed by atoms with Gasteiger partial charge in [0.05, 0.1) is 4.75 Å². The van der Waals surface area contributed by atoms with Crippen LogP contribution in [0.15, 0.2) is 18.2 Å². The first kappa shape index (κ1) is 20.7. The van der Waals surface area contributed by atoms with Crippen molar-refractivity contribution in [3.63, 3.8) is 0 Å². The molecule has 0 aliphatic heterocycles. The molecular formula is C22H36N2O2S. The highest BCUT2D eigenvalue weighted by Gasteiger charge is 2.37. The summed E-state index contributed by atoms with van der Waals surface area (Å²) in [5.74, 6) is 0.628. The predicted molar refractivity (Wildman–Crippen MR) is 114 cm³/mol. The molecule has 3 rings (SSSR count). The minimum Gasteiger partial charge on any atom is -0.385 e. The van der Waals surface area contributed by atoms with Crippen molar-refractivity contribution in [2.45, 2.75) is 89.3 Å². The van der Waals surface area contributed by atoms with Crippen molar-refractivity contribution in [1.82, 2.24) is 4.72 Å². The Bertz CT molecular complexity index is 733. The fourth-order valence-electron chi connectivity index (χ4n) is 4.42. The number of aryl methyl sites for hydroxylation is 2. The molecule has 0 heterocycles. The average Bonchev–Trinajstić information content (AvgIpc) is 3.14. The van der Waals surface area contributed by atoms with E-state index in [4.69, 9.17) is 0 Å². The van der Waals surface area contributed by atoms with Gasteiger partial charge < -0.3 is 5.32 Å². The first-order chi connectivity index (χ1) is 12.9. The topological polar surface area (TPSA) is 58.2 Å². The van der Waals surface area contributed by atoms with Crippen LogP contribution in [-0.2, 0) is 22.9 Å². The van der Waals surface area contributed by atoms with Crippen LogP contribution in [0, 0.1) is 5.92 Å². The standard InChI is InChI=1S/C22H36N2O2S/c1-4-22(3,5-2)27(25,26)24-20-12-9-17(10-13-20)16-23-21-14-11-18-7-6-8-19(18)15-21/h11,14-15,17,20,23-24H,4-10,12-13,16H2,1-3H3/t17-,20-. The van der Waals surface area contributed by atoms with Gasteiger partial charge in [0.25, 0.3) is 0 Å². The van der Waals surface area contributed by atoms with Crippen molar-refractivity contribution in [1.29, 1.82) is 0 Å². The molecule has 0 saturated heterocycles. The van der Waals surface area contributed by atoms with Gasteiger partial charge in [-0.15, -0.1) is 0 Å². The lowest BCUT2D eigenvalue weighted by Gasteiger charge is -2.33. The molecule has 1 fully saturated rings. The van der Waals surface area contributed by atoms with E-state index < -0.39 is 14.8 Å². The Balaban J connectivity index is 1.46. The number of hydrogen-bond acceptors (Lipinski definition) is 3. The number of rotatable bonds is 8. The molecule has 0 bridgehead atoms. The van der Waals surface area contributed by atoms with Gasteiger partial charge in [-0.2, -0.15) is 0 Å². The van der Waals surface area contributed by atoms with Crippen molar-refractivity contribution in [3.8, 4) is 0 Å². The van der Waals surface area contributed by atoms with E-state index >= 15 is 0 Å². The molecule has 0 amide bonds. The summed E-state index contributed by atoms with van der Waals surface area (Å²) in [5, 5.41) is 3.61. The zero-order chi connectivity index (χ0) is 19.5. The van der Waals surface area contributed by atoms with Crippen LogP contribution in [0.4, 0.5) is 5.69 Å². The van der Waals surface area contributed by atoms with Crippen LogP contribution >= 0.6 is 0 Å². The molecule has 2 aliphatic rings. The molecule has 2 aliphatic carbocycles. The van der Waals surface area contributed by atoms with Crippen molar-refractivity contribution in [2.75, 3.05) is 11.9 Å². The molecule has 0 atom stereocenters. The maximum Gasteiger partial charge on any atom is 0.217 e. The Morgan fingerprint density at radius 1 is 1.04 bits per heavy atom. The van der Waals surface area contributed by atoms with Crippen molar-refractivity contribution in [2.24, 2.45) is 5.92 Å². The minimum atomic E-state index is -3.27. The Morgan fingerprint density at radius 3 is 2.37 bits per heavy atom. The normalized spacial score (nSPS) is 23.2. The first-order valence-corrected chi connectivity index (χ1v) is 12.2. The third kappa shape index (κ3) is 4.68. The molecule has 0 unspecified atom stereocenters. The van der Waals surface area contributed by atoms with Gasteiger partial charge in [0.2, 0.25) is 10.0 Å². The first-order valence-electron chi connectivity index (χ1n) is 10.7. The summed E-state index contributed by atoms with van der Waals surface area (Å²) in [4.78, 5) is 0. The Hall–Kier alpha value is -1.07. The summed E-state index contributed by atoms with van der Waals surface area (Å²) in [7, 11) is -3.27. The summed E-state index contributed by atoms with van der Waals surface area (Å²) in [6.07, 6.45) is 9.08. The SMILES string of the molecule is CCC(C)(CC)S(=O)(=O)N[C@H]1CC[C@H](CNc2ccc3c(c2)CCC3)CC1. The highest BCUT2D eigenvalue weighted by molar-refractivity contribution is 7.90. The lowest BCUT2D eigenvalue weighted by atomic mass is 9.86. The van der Waals surface area contributed by atoms with Gasteiger partial charge in [0.1, 0.15) is 0 Å². The molecule has 4 nitrogen and oxygen atoms in total. The van der Waals surface area contributed by atoms with E-state index in [9.17, 15) is 8.42 Å². The lowest BCUT2D eigenvalue weighted by Crippen LogP contribution is -2.48. The van der Waals surface area contributed by atoms with Gasteiger partial charge in [0.15, 0.2) is 0 Å². The Morgan fingerprint density at radius 2 is 1.70 bits per heavy atom. The number of benzene rings is 1. The summed E-state index contributed by atoms with van der Waals surface area (Å²) < 4.78 is 27.8. The van der Waals surface area contributed by atoms with Crippen LogP contribution in [0.5, 0.6) is 0 Å². The molecule has 0 aromatic heterocycles. The molecular weight excluding hydrogens is 356 g/mol. The fraction of sp³-hybridized carbons (Fsp3) is 0.727. The summed E-state index contributed by atoms with van der Waals surface area (Å²) >= 11 is 0. The average molecular weight is 393 g/mol. The smallest absolute Gasteiger partial charge is 0.217 e. The van der Waals surface area contributed by atoms with Crippen molar-refractivity contribution >= 4 is 15.7 Å². The zero-order valence-electron chi connectivity index (χ0n) is 17.2. The van der Waals surface area contributed by atoms with Crippen molar-refractivity contribution in [3.05, 3.63) is 29.3 Å². The molecule has 1 saturated carbocycles. The molecule has 27 heavy (non-hydrogen) atoms. The summed E-state index contributed by atoms with van der Waals surface area (Å²) in [6, 6.07) is 6.90. The van der Waals surface area contributed by atoms with E-state index in [1.54, 1.807) is 0 Å². The second-order valence-corrected chi connectivity index (χ2v) is 10.9. The third-order valence-corrected chi connectivity index (χ3v) is 9.52. The quantitative estimate of drug-likeness (QED) is 0.677. The van der Waals surface area contributed by atoms with E-state index in [0.29, 0.717) is 18.8 Å². The number of fused-ring (bicyclic) bond motifs is 1. The van der Waals surface area contributed by atoms with Crippen LogP contribution in [0.2, 0.25) is 0 Å². The monoisotopic (exact) mass is 392 g/mol. The molecule has 2 N–H and O–H groups in total. The summed E-state index contributed by atoms with van der Waals surface area (Å²) in [6.45, 7) is 6.77. The minimum absolute atomic E-state index is 0.101. The zero-order valence-corrected chi connectivity index (χ0v) is 18.0. The van der Waals surface area contributed by atoms with Gasteiger partial charge in [0, 0.05) is 18.3 Å². The van der Waals surface area contributed by atoms with Gasteiger partial charge in [-0.3, -0.25) is 0 Å². The molecule has 1 aromatic rings. The number of hydrogen-bond donors (Lipinski definition) is 2. The van der Waals surface area contributed by atoms with Crippen LogP contribution in [0.25, 0.3) is 0 Å². The van der Waals surface area contributed by atoms with Crippen LogP contribution in [-0.4, -0.2) is 25.8 Å². The van der Waals surface area contributed by atoms with E-state index in [0.717, 1.165) is 32.2 Å². The number of nitrogens with one attached hydrogen (secondary N) is 2. The van der Waals surface area contributed by atoms with Crippen molar-refractivity contribution < 1.29 is 8.42 Å². The second kappa shape index (κ2) is 8.52. The molecule has 0 spiro atoms. The fourth-order valence-corrected chi connectivity index (χ4v) is 6.14. The van der Waals surface area contributed by atoms with Crippen LogP contribution < -0.4 is 10.0 Å². The largest absolute Gasteiger partial charge is 0.385 e. The highest BCUT2D eigenvalue weighted by atomic mass is 32.2. The van der Waals surface area contributed by atoms with Gasteiger partial charge >= 0.3 is 0 Å². The molecule has 152 valence electrons. The Kier molecular flexibility index (Phi) is 6.52. The van der Waals surface area contributed by atoms with Crippen LogP contribution in [0.1, 0.15) is 76.8 Å². The van der Waals surface area contributed by atoms with E-state index in [-0.39, 0.29) is 6.04 Å². The van der Waals surface area contributed by atoms with E-state index in [1.165, 1.54) is 36.1 Å². The van der Waals surface area contributed by atoms with Gasteiger partial charge in [-0.1, -0.05) is 19.9 Å². The van der Waals surface area contributed by atoms with E-state index in [1.807, 2.05) is 20.8 Å². The molecule has 1 aromatic carbocycles. The highest BCUT2D eigenvalue weighted by Crippen LogP contribution is 2.30. The molecule has 5 heteroatoms.